The van der Waals surface area contributed by atoms with Gasteiger partial charge in [0.25, 0.3) is 0 Å². The third-order valence-corrected chi connectivity index (χ3v) is 5.70. The van der Waals surface area contributed by atoms with Gasteiger partial charge >= 0.3 is 0 Å². The zero-order valence-corrected chi connectivity index (χ0v) is 19.4. The molecule has 0 fully saturated rings. The van der Waals surface area contributed by atoms with Gasteiger partial charge < -0.3 is 24.1 Å². The number of methoxy groups -OCH3 is 3. The molecule has 3 aromatic carbocycles. The molecule has 5 aromatic rings. The first-order valence-corrected chi connectivity index (χ1v) is 10.9. The normalized spacial score (nSPS) is 10.9. The van der Waals surface area contributed by atoms with Crippen LogP contribution in [0.5, 0.6) is 17.2 Å². The number of ether oxygens (including phenoxy) is 3. The van der Waals surface area contributed by atoms with Crippen LogP contribution < -0.4 is 19.5 Å². The van der Waals surface area contributed by atoms with E-state index in [-0.39, 0.29) is 5.82 Å². The standard InChI is InChI=1S/C27H23FN4O3/c1-33-22-13-19(14-23(34-2)25(22)35-3)31-26-24-21(17-7-5-4-6-8-17)15-32(27(24)30-16-29-26)20-11-9-18(28)10-12-20/h4-16H,1-3H3,(H,29,30,31). The van der Waals surface area contributed by atoms with E-state index in [4.69, 9.17) is 14.2 Å². The quantitative estimate of drug-likeness (QED) is 0.315. The number of aromatic nitrogens is 3. The lowest BCUT2D eigenvalue weighted by molar-refractivity contribution is 0.324. The number of anilines is 2. The Kier molecular flexibility index (Phi) is 5.93. The van der Waals surface area contributed by atoms with Crippen molar-refractivity contribution in [3.05, 3.63) is 85.1 Å². The van der Waals surface area contributed by atoms with Gasteiger partial charge in [-0.1, -0.05) is 30.3 Å². The maximum Gasteiger partial charge on any atom is 0.203 e. The van der Waals surface area contributed by atoms with Gasteiger partial charge in [0.15, 0.2) is 17.1 Å². The molecular formula is C27H23FN4O3. The fraction of sp³-hybridized carbons (Fsp3) is 0.111. The molecule has 1 N–H and O–H groups in total. The Hall–Kier alpha value is -4.59. The number of rotatable bonds is 7. The Bertz CT molecular complexity index is 1460. The van der Waals surface area contributed by atoms with Gasteiger partial charge in [0, 0.05) is 35.3 Å². The maximum atomic E-state index is 13.6. The average molecular weight is 471 g/mol. The number of nitrogens with zero attached hydrogens (tertiary/aromatic N) is 3. The van der Waals surface area contributed by atoms with E-state index < -0.39 is 0 Å². The molecule has 5 rings (SSSR count). The van der Waals surface area contributed by atoms with E-state index in [1.165, 1.54) is 18.5 Å². The van der Waals surface area contributed by atoms with Crippen LogP contribution in [-0.2, 0) is 0 Å². The number of nitrogens with one attached hydrogen (secondary N) is 1. The lowest BCUT2D eigenvalue weighted by atomic mass is 10.1. The van der Waals surface area contributed by atoms with Gasteiger partial charge in [-0.2, -0.15) is 0 Å². The molecule has 176 valence electrons. The predicted molar refractivity (Wildman–Crippen MR) is 134 cm³/mol. The van der Waals surface area contributed by atoms with Gasteiger partial charge in [0.05, 0.1) is 26.7 Å². The second-order valence-corrected chi connectivity index (χ2v) is 7.72. The summed E-state index contributed by atoms with van der Waals surface area (Å²) in [6.07, 6.45) is 3.49. The molecule has 0 aliphatic carbocycles. The van der Waals surface area contributed by atoms with E-state index in [1.54, 1.807) is 33.5 Å². The minimum Gasteiger partial charge on any atom is -0.493 e. The second kappa shape index (κ2) is 9.34. The topological polar surface area (TPSA) is 70.4 Å². The van der Waals surface area contributed by atoms with Gasteiger partial charge in [-0.05, 0) is 29.8 Å². The summed E-state index contributed by atoms with van der Waals surface area (Å²) in [6.45, 7) is 0. The van der Waals surface area contributed by atoms with E-state index in [1.807, 2.05) is 53.2 Å². The average Bonchev–Trinajstić information content (AvgIpc) is 3.29. The van der Waals surface area contributed by atoms with Crippen LogP contribution in [0.3, 0.4) is 0 Å². The Morgan fingerprint density at radius 1 is 0.829 bits per heavy atom. The molecule has 8 heteroatoms. The summed E-state index contributed by atoms with van der Waals surface area (Å²) in [7, 11) is 4.70. The summed E-state index contributed by atoms with van der Waals surface area (Å²) < 4.78 is 32.0. The van der Waals surface area contributed by atoms with Crippen molar-refractivity contribution >= 4 is 22.5 Å². The van der Waals surface area contributed by atoms with Crippen molar-refractivity contribution in [1.29, 1.82) is 0 Å². The van der Waals surface area contributed by atoms with Gasteiger partial charge in [-0.25, -0.2) is 14.4 Å². The second-order valence-electron chi connectivity index (χ2n) is 7.72. The monoisotopic (exact) mass is 470 g/mol. The van der Waals surface area contributed by atoms with Crippen molar-refractivity contribution in [3.8, 4) is 34.1 Å². The summed E-state index contributed by atoms with van der Waals surface area (Å²) in [5, 5.41) is 4.21. The van der Waals surface area contributed by atoms with Gasteiger partial charge in [-0.15, -0.1) is 0 Å². The number of benzene rings is 3. The molecule has 0 spiro atoms. The number of halogens is 1. The zero-order valence-electron chi connectivity index (χ0n) is 19.4. The molecule has 0 amide bonds. The van der Waals surface area contributed by atoms with E-state index in [9.17, 15) is 4.39 Å². The Balaban J connectivity index is 1.71. The maximum absolute atomic E-state index is 13.6. The largest absolute Gasteiger partial charge is 0.493 e. The smallest absolute Gasteiger partial charge is 0.203 e. The summed E-state index contributed by atoms with van der Waals surface area (Å²) in [6, 6.07) is 19.9. The van der Waals surface area contributed by atoms with Crippen molar-refractivity contribution in [2.75, 3.05) is 26.6 Å². The Morgan fingerprint density at radius 2 is 1.51 bits per heavy atom. The molecule has 0 aliphatic heterocycles. The van der Waals surface area contributed by atoms with Crippen LogP contribution >= 0.6 is 0 Å². The third-order valence-electron chi connectivity index (χ3n) is 5.70. The minimum absolute atomic E-state index is 0.298. The van der Waals surface area contributed by atoms with Gasteiger partial charge in [0.1, 0.15) is 18.0 Å². The van der Waals surface area contributed by atoms with Crippen molar-refractivity contribution in [2.24, 2.45) is 0 Å². The van der Waals surface area contributed by atoms with Crippen LogP contribution in [-0.4, -0.2) is 35.9 Å². The van der Waals surface area contributed by atoms with Crippen molar-refractivity contribution < 1.29 is 18.6 Å². The number of fused-ring (bicyclic) bond motifs is 1. The first-order chi connectivity index (χ1) is 17.1. The summed E-state index contributed by atoms with van der Waals surface area (Å²) >= 11 is 0. The molecule has 2 heterocycles. The van der Waals surface area contributed by atoms with E-state index in [2.05, 4.69) is 15.3 Å². The van der Waals surface area contributed by atoms with Crippen molar-refractivity contribution in [3.63, 3.8) is 0 Å². The lowest BCUT2D eigenvalue weighted by Gasteiger charge is -2.15. The van der Waals surface area contributed by atoms with Crippen LogP contribution in [0.2, 0.25) is 0 Å². The Labute approximate surface area is 201 Å². The number of hydrogen-bond acceptors (Lipinski definition) is 6. The highest BCUT2D eigenvalue weighted by molar-refractivity contribution is 6.03. The van der Waals surface area contributed by atoms with Crippen molar-refractivity contribution in [2.45, 2.75) is 0 Å². The van der Waals surface area contributed by atoms with E-state index >= 15 is 0 Å². The molecule has 0 atom stereocenters. The molecule has 35 heavy (non-hydrogen) atoms. The van der Waals surface area contributed by atoms with Crippen LogP contribution in [0.25, 0.3) is 27.8 Å². The lowest BCUT2D eigenvalue weighted by Crippen LogP contribution is -2.00. The van der Waals surface area contributed by atoms with Crippen LogP contribution in [0.4, 0.5) is 15.9 Å². The minimum atomic E-state index is -0.298. The molecule has 0 saturated heterocycles. The first kappa shape index (κ1) is 22.2. The summed E-state index contributed by atoms with van der Waals surface area (Å²) in [4.78, 5) is 9.13. The molecule has 7 nitrogen and oxygen atoms in total. The summed E-state index contributed by atoms with van der Waals surface area (Å²) in [5.74, 6) is 1.84. The molecule has 0 saturated carbocycles. The predicted octanol–water partition coefficient (Wildman–Crippen LogP) is 6.00. The summed E-state index contributed by atoms with van der Waals surface area (Å²) in [5.41, 5.74) is 4.10. The van der Waals surface area contributed by atoms with Crippen LogP contribution in [0, 0.1) is 5.82 Å². The highest BCUT2D eigenvalue weighted by Gasteiger charge is 2.19. The van der Waals surface area contributed by atoms with Gasteiger partial charge in [0.2, 0.25) is 5.75 Å². The molecule has 0 unspecified atom stereocenters. The molecular weight excluding hydrogens is 447 g/mol. The number of hydrogen-bond donors (Lipinski definition) is 1. The van der Waals surface area contributed by atoms with Crippen LogP contribution in [0.15, 0.2) is 79.3 Å². The van der Waals surface area contributed by atoms with Crippen molar-refractivity contribution in [1.82, 2.24) is 14.5 Å². The zero-order chi connectivity index (χ0) is 24.4. The third kappa shape index (κ3) is 4.10. The Morgan fingerprint density at radius 3 is 2.14 bits per heavy atom. The SMILES string of the molecule is COc1cc(Nc2ncnc3c2c(-c2ccccc2)cn3-c2ccc(F)cc2)cc(OC)c1OC. The van der Waals surface area contributed by atoms with E-state index in [0.717, 1.165) is 22.2 Å². The van der Waals surface area contributed by atoms with Crippen LogP contribution in [0.1, 0.15) is 0 Å². The highest BCUT2D eigenvalue weighted by atomic mass is 19.1. The molecule has 2 aromatic heterocycles. The highest BCUT2D eigenvalue weighted by Crippen LogP contribution is 2.42. The first-order valence-electron chi connectivity index (χ1n) is 10.9. The fourth-order valence-electron chi connectivity index (χ4n) is 4.08. The molecule has 0 bridgehead atoms. The molecule has 0 aliphatic rings. The van der Waals surface area contributed by atoms with Gasteiger partial charge in [-0.3, -0.25) is 0 Å². The molecule has 0 radical (unpaired) electrons. The van der Waals surface area contributed by atoms with E-state index in [0.29, 0.717) is 34.4 Å². The fourth-order valence-corrected chi connectivity index (χ4v) is 4.08.